The molecule has 4 N–H and O–H groups in total. The van der Waals surface area contributed by atoms with Crippen LogP contribution in [0.15, 0.2) is 54.6 Å². The van der Waals surface area contributed by atoms with Crippen molar-refractivity contribution in [2.24, 2.45) is 0 Å². The zero-order valence-corrected chi connectivity index (χ0v) is 11.8. The SMILES string of the molecule is Nc1nc(N)nc(-c2ccccc2OCc2ccccc2)n1. The molecule has 6 nitrogen and oxygen atoms in total. The lowest BCUT2D eigenvalue weighted by Gasteiger charge is -2.11. The first-order valence-electron chi connectivity index (χ1n) is 6.75. The van der Waals surface area contributed by atoms with Crippen LogP contribution in [0.3, 0.4) is 0 Å². The van der Waals surface area contributed by atoms with Crippen molar-refractivity contribution in [2.45, 2.75) is 6.61 Å². The molecule has 0 saturated carbocycles. The van der Waals surface area contributed by atoms with E-state index < -0.39 is 0 Å². The van der Waals surface area contributed by atoms with Crippen molar-refractivity contribution in [1.29, 1.82) is 0 Å². The Labute approximate surface area is 127 Å². The average Bonchev–Trinajstić information content (AvgIpc) is 2.53. The highest BCUT2D eigenvalue weighted by Gasteiger charge is 2.11. The standard InChI is InChI=1S/C16H15N5O/c17-15-19-14(20-16(18)21-15)12-8-4-5-9-13(12)22-10-11-6-2-1-3-7-11/h1-9H,10H2,(H4,17,18,19,20,21). The van der Waals surface area contributed by atoms with Crippen LogP contribution in [-0.2, 0) is 6.61 Å². The molecule has 110 valence electrons. The quantitative estimate of drug-likeness (QED) is 0.765. The molecule has 6 heteroatoms. The van der Waals surface area contributed by atoms with Crippen molar-refractivity contribution >= 4 is 11.9 Å². The van der Waals surface area contributed by atoms with Gasteiger partial charge in [0.05, 0.1) is 5.56 Å². The largest absolute Gasteiger partial charge is 0.488 e. The Bertz CT molecular complexity index is 756. The topological polar surface area (TPSA) is 99.9 Å². The average molecular weight is 293 g/mol. The number of ether oxygens (including phenoxy) is 1. The van der Waals surface area contributed by atoms with Gasteiger partial charge in [-0.15, -0.1) is 0 Å². The second-order valence-corrected chi connectivity index (χ2v) is 4.65. The molecule has 0 saturated heterocycles. The van der Waals surface area contributed by atoms with Gasteiger partial charge in [0, 0.05) is 0 Å². The lowest BCUT2D eigenvalue weighted by molar-refractivity contribution is 0.307. The monoisotopic (exact) mass is 293 g/mol. The number of para-hydroxylation sites is 1. The predicted molar refractivity (Wildman–Crippen MR) is 84.9 cm³/mol. The van der Waals surface area contributed by atoms with E-state index in [4.69, 9.17) is 16.2 Å². The molecule has 3 aromatic rings. The van der Waals surface area contributed by atoms with Crippen molar-refractivity contribution in [2.75, 3.05) is 11.5 Å². The molecule has 1 heterocycles. The Balaban J connectivity index is 1.89. The zero-order valence-electron chi connectivity index (χ0n) is 11.8. The minimum absolute atomic E-state index is 0.0837. The van der Waals surface area contributed by atoms with E-state index in [2.05, 4.69) is 15.0 Å². The maximum absolute atomic E-state index is 5.88. The first-order valence-corrected chi connectivity index (χ1v) is 6.75. The van der Waals surface area contributed by atoms with Gasteiger partial charge in [0.15, 0.2) is 5.82 Å². The molecule has 0 atom stereocenters. The summed E-state index contributed by atoms with van der Waals surface area (Å²) in [5.41, 5.74) is 13.1. The Kier molecular flexibility index (Phi) is 3.82. The second kappa shape index (κ2) is 6.09. The number of anilines is 2. The van der Waals surface area contributed by atoms with E-state index in [9.17, 15) is 0 Å². The second-order valence-electron chi connectivity index (χ2n) is 4.65. The van der Waals surface area contributed by atoms with Crippen molar-refractivity contribution in [3.63, 3.8) is 0 Å². The number of rotatable bonds is 4. The van der Waals surface area contributed by atoms with Crippen LogP contribution in [0.4, 0.5) is 11.9 Å². The molecule has 0 aliphatic heterocycles. The number of hydrogen-bond donors (Lipinski definition) is 2. The van der Waals surface area contributed by atoms with Gasteiger partial charge in [-0.2, -0.15) is 15.0 Å². The summed E-state index contributed by atoms with van der Waals surface area (Å²) in [4.78, 5) is 12.0. The summed E-state index contributed by atoms with van der Waals surface area (Å²) < 4.78 is 5.88. The first-order chi connectivity index (χ1) is 10.7. The molecule has 2 aromatic carbocycles. The third-order valence-corrected chi connectivity index (χ3v) is 3.04. The lowest BCUT2D eigenvalue weighted by atomic mass is 10.2. The summed E-state index contributed by atoms with van der Waals surface area (Å²) in [5, 5.41) is 0. The molecule has 0 radical (unpaired) electrons. The van der Waals surface area contributed by atoms with Gasteiger partial charge in [0.25, 0.3) is 0 Å². The van der Waals surface area contributed by atoms with Gasteiger partial charge in [-0.3, -0.25) is 0 Å². The molecule has 0 spiro atoms. The van der Waals surface area contributed by atoms with Gasteiger partial charge in [-0.05, 0) is 17.7 Å². The molecule has 0 fully saturated rings. The maximum atomic E-state index is 5.88. The Hall–Kier alpha value is -3.15. The summed E-state index contributed by atoms with van der Waals surface area (Å²) in [7, 11) is 0. The highest BCUT2D eigenvalue weighted by Crippen LogP contribution is 2.28. The van der Waals surface area contributed by atoms with E-state index in [1.807, 2.05) is 54.6 Å². The molecule has 0 bridgehead atoms. The van der Waals surface area contributed by atoms with Crippen LogP contribution in [0.2, 0.25) is 0 Å². The summed E-state index contributed by atoms with van der Waals surface area (Å²) in [6.07, 6.45) is 0. The first kappa shape index (κ1) is 13.8. The van der Waals surface area contributed by atoms with E-state index in [0.717, 1.165) is 11.1 Å². The number of benzene rings is 2. The molecule has 3 rings (SSSR count). The summed E-state index contributed by atoms with van der Waals surface area (Å²) >= 11 is 0. The van der Waals surface area contributed by atoms with Crippen LogP contribution in [0.1, 0.15) is 5.56 Å². The Morgan fingerprint density at radius 3 is 2.14 bits per heavy atom. The molecular formula is C16H15N5O. The number of aromatic nitrogens is 3. The van der Waals surface area contributed by atoms with E-state index >= 15 is 0 Å². The highest BCUT2D eigenvalue weighted by atomic mass is 16.5. The maximum Gasteiger partial charge on any atom is 0.225 e. The summed E-state index contributed by atoms with van der Waals surface area (Å²) in [6.45, 7) is 0.452. The molecule has 0 unspecified atom stereocenters. The van der Waals surface area contributed by atoms with Gasteiger partial charge in [-0.1, -0.05) is 42.5 Å². The molecule has 0 amide bonds. The van der Waals surface area contributed by atoms with Crippen molar-refractivity contribution < 1.29 is 4.74 Å². The minimum atomic E-state index is 0.0837. The van der Waals surface area contributed by atoms with Crippen molar-refractivity contribution in [3.05, 3.63) is 60.2 Å². The van der Waals surface area contributed by atoms with Gasteiger partial charge < -0.3 is 16.2 Å². The number of nitrogen functional groups attached to an aromatic ring is 2. The van der Waals surface area contributed by atoms with Gasteiger partial charge in [0.1, 0.15) is 12.4 Å². The van der Waals surface area contributed by atoms with Crippen LogP contribution >= 0.6 is 0 Å². The van der Waals surface area contributed by atoms with Crippen LogP contribution in [0, 0.1) is 0 Å². The normalized spacial score (nSPS) is 10.4. The fourth-order valence-electron chi connectivity index (χ4n) is 2.04. The molecule has 22 heavy (non-hydrogen) atoms. The van der Waals surface area contributed by atoms with E-state index in [1.165, 1.54) is 0 Å². The highest BCUT2D eigenvalue weighted by molar-refractivity contribution is 5.65. The third kappa shape index (κ3) is 3.12. The zero-order chi connectivity index (χ0) is 15.4. The van der Waals surface area contributed by atoms with E-state index in [-0.39, 0.29) is 11.9 Å². The Morgan fingerprint density at radius 1 is 0.773 bits per heavy atom. The minimum Gasteiger partial charge on any atom is -0.488 e. The fraction of sp³-hybridized carbons (Fsp3) is 0.0625. The summed E-state index contributed by atoms with van der Waals surface area (Å²) in [6, 6.07) is 17.4. The number of hydrogen-bond acceptors (Lipinski definition) is 6. The van der Waals surface area contributed by atoms with Gasteiger partial charge >= 0.3 is 0 Å². The van der Waals surface area contributed by atoms with E-state index in [1.54, 1.807) is 0 Å². The summed E-state index contributed by atoms with van der Waals surface area (Å²) in [5.74, 6) is 1.23. The van der Waals surface area contributed by atoms with Crippen LogP contribution < -0.4 is 16.2 Å². The number of nitrogens with two attached hydrogens (primary N) is 2. The Morgan fingerprint density at radius 2 is 1.41 bits per heavy atom. The van der Waals surface area contributed by atoms with Crippen LogP contribution in [-0.4, -0.2) is 15.0 Å². The molecule has 0 aliphatic rings. The molecular weight excluding hydrogens is 278 g/mol. The van der Waals surface area contributed by atoms with Gasteiger partial charge in [-0.25, -0.2) is 0 Å². The van der Waals surface area contributed by atoms with Crippen LogP contribution in [0.25, 0.3) is 11.4 Å². The van der Waals surface area contributed by atoms with Gasteiger partial charge in [0.2, 0.25) is 11.9 Å². The molecule has 1 aromatic heterocycles. The van der Waals surface area contributed by atoms with Crippen molar-refractivity contribution in [1.82, 2.24) is 15.0 Å². The van der Waals surface area contributed by atoms with E-state index in [0.29, 0.717) is 18.2 Å². The van der Waals surface area contributed by atoms with Crippen molar-refractivity contribution in [3.8, 4) is 17.1 Å². The number of nitrogens with zero attached hydrogens (tertiary/aromatic N) is 3. The van der Waals surface area contributed by atoms with Crippen LogP contribution in [0.5, 0.6) is 5.75 Å². The molecule has 0 aliphatic carbocycles. The fourth-order valence-corrected chi connectivity index (χ4v) is 2.04. The third-order valence-electron chi connectivity index (χ3n) is 3.04. The smallest absolute Gasteiger partial charge is 0.225 e. The lowest BCUT2D eigenvalue weighted by Crippen LogP contribution is -2.05. The predicted octanol–water partition coefficient (Wildman–Crippen LogP) is 2.28.